The van der Waals surface area contributed by atoms with Crippen LogP contribution in [-0.2, 0) is 14.3 Å². The quantitative estimate of drug-likeness (QED) is 0.239. The molecule has 0 fully saturated rings. The highest BCUT2D eigenvalue weighted by Crippen LogP contribution is 2.29. The molecule has 7 nitrogen and oxygen atoms in total. The highest BCUT2D eigenvalue weighted by atomic mass is 16.6. The van der Waals surface area contributed by atoms with Crippen molar-refractivity contribution >= 4 is 34.4 Å². The van der Waals surface area contributed by atoms with Gasteiger partial charge in [-0.2, -0.15) is 0 Å². The van der Waals surface area contributed by atoms with Crippen molar-refractivity contribution in [3.63, 3.8) is 0 Å². The molecule has 3 amide bonds. The summed E-state index contributed by atoms with van der Waals surface area (Å²) in [6.07, 6.45) is 3.08. The number of fused-ring (bicyclic) bond motifs is 1. The lowest BCUT2D eigenvalue weighted by Crippen LogP contribution is -2.51. The van der Waals surface area contributed by atoms with Crippen molar-refractivity contribution in [2.24, 2.45) is 0 Å². The van der Waals surface area contributed by atoms with Gasteiger partial charge in [-0.1, -0.05) is 80.3 Å². The molecule has 0 aromatic heterocycles. The van der Waals surface area contributed by atoms with Crippen molar-refractivity contribution in [1.82, 2.24) is 10.2 Å². The van der Waals surface area contributed by atoms with Crippen LogP contribution in [0.2, 0.25) is 0 Å². The van der Waals surface area contributed by atoms with Gasteiger partial charge in [0.1, 0.15) is 17.7 Å². The lowest BCUT2D eigenvalue weighted by atomic mass is 9.95. The molecule has 2 unspecified atom stereocenters. The Morgan fingerprint density at radius 3 is 2.29 bits per heavy atom. The summed E-state index contributed by atoms with van der Waals surface area (Å²) in [5, 5.41) is 7.84. The fourth-order valence-corrected chi connectivity index (χ4v) is 4.85. The van der Waals surface area contributed by atoms with Crippen LogP contribution in [0.15, 0.2) is 60.7 Å². The number of aryl methyl sites for hydroxylation is 2. The standard InChI is InChI=1S/C34H45N3O4/c1-8-9-10-13-20-37(32(39)25(4)35-33(40)41-34(5,6)7)30(29-21-23(2)16-17-24(29)3)31(38)36-28-19-18-26-14-11-12-15-27(26)22-28/h11-12,14-19,21-22,25,30H,8-10,13,20H2,1-7H3,(H,35,40)(H,36,38). The van der Waals surface area contributed by atoms with E-state index in [0.717, 1.165) is 53.1 Å². The highest BCUT2D eigenvalue weighted by molar-refractivity contribution is 6.00. The van der Waals surface area contributed by atoms with Crippen LogP contribution in [0.4, 0.5) is 10.5 Å². The zero-order chi connectivity index (χ0) is 30.2. The molecule has 0 aliphatic rings. The highest BCUT2D eigenvalue weighted by Gasteiger charge is 2.35. The van der Waals surface area contributed by atoms with Crippen molar-refractivity contribution in [3.05, 3.63) is 77.4 Å². The smallest absolute Gasteiger partial charge is 0.408 e. The molecule has 2 atom stereocenters. The molecule has 220 valence electrons. The molecule has 0 spiro atoms. The number of carbonyl (C=O) groups is 3. The first-order valence-electron chi connectivity index (χ1n) is 14.6. The number of nitrogens with zero attached hydrogens (tertiary/aromatic N) is 1. The average Bonchev–Trinajstić information content (AvgIpc) is 2.90. The number of rotatable bonds is 11. The number of ether oxygens (including phenoxy) is 1. The molecule has 2 N–H and O–H groups in total. The van der Waals surface area contributed by atoms with Gasteiger partial charge in [0.25, 0.3) is 5.91 Å². The molecule has 3 rings (SSSR count). The van der Waals surface area contributed by atoms with E-state index in [1.165, 1.54) is 0 Å². The van der Waals surface area contributed by atoms with Gasteiger partial charge in [-0.05, 0) is 82.0 Å². The van der Waals surface area contributed by atoms with Gasteiger partial charge in [-0.15, -0.1) is 0 Å². The second-order valence-electron chi connectivity index (χ2n) is 11.8. The SMILES string of the molecule is CCCCCCN(C(=O)C(C)NC(=O)OC(C)(C)C)C(C(=O)Nc1ccc2ccccc2c1)c1cc(C)ccc1C. The Bertz CT molecular complexity index is 1360. The van der Waals surface area contributed by atoms with Crippen LogP contribution in [-0.4, -0.2) is 41.0 Å². The molecule has 0 aliphatic heterocycles. The lowest BCUT2D eigenvalue weighted by Gasteiger charge is -2.34. The van der Waals surface area contributed by atoms with Crippen molar-refractivity contribution < 1.29 is 19.1 Å². The van der Waals surface area contributed by atoms with Gasteiger partial charge in [-0.25, -0.2) is 4.79 Å². The number of anilines is 1. The summed E-state index contributed by atoms with van der Waals surface area (Å²) in [5.74, 6) is -0.644. The Morgan fingerprint density at radius 2 is 1.61 bits per heavy atom. The fourth-order valence-electron chi connectivity index (χ4n) is 4.85. The summed E-state index contributed by atoms with van der Waals surface area (Å²) in [7, 11) is 0. The monoisotopic (exact) mass is 559 g/mol. The van der Waals surface area contributed by atoms with Crippen molar-refractivity contribution in [2.75, 3.05) is 11.9 Å². The predicted molar refractivity (Wildman–Crippen MR) is 166 cm³/mol. The molecule has 7 heteroatoms. The predicted octanol–water partition coefficient (Wildman–Crippen LogP) is 7.46. The largest absolute Gasteiger partial charge is 0.444 e. The van der Waals surface area contributed by atoms with E-state index in [0.29, 0.717) is 12.2 Å². The second kappa shape index (κ2) is 14.2. The summed E-state index contributed by atoms with van der Waals surface area (Å²) >= 11 is 0. The maximum absolute atomic E-state index is 14.2. The van der Waals surface area contributed by atoms with Crippen LogP contribution in [0.3, 0.4) is 0 Å². The normalized spacial score (nSPS) is 12.9. The first kappa shape index (κ1) is 31.7. The summed E-state index contributed by atoms with van der Waals surface area (Å²) in [4.78, 5) is 42.3. The van der Waals surface area contributed by atoms with E-state index in [1.807, 2.05) is 74.5 Å². The van der Waals surface area contributed by atoms with E-state index in [4.69, 9.17) is 4.74 Å². The van der Waals surface area contributed by atoms with Crippen LogP contribution in [0, 0.1) is 13.8 Å². The molecule has 0 heterocycles. The van der Waals surface area contributed by atoms with E-state index >= 15 is 0 Å². The van der Waals surface area contributed by atoms with Crippen LogP contribution in [0.25, 0.3) is 10.8 Å². The van der Waals surface area contributed by atoms with E-state index in [9.17, 15) is 14.4 Å². The Kier molecular flexibility index (Phi) is 10.9. The van der Waals surface area contributed by atoms with Crippen LogP contribution in [0.1, 0.15) is 83.0 Å². The minimum Gasteiger partial charge on any atom is -0.444 e. The molecular weight excluding hydrogens is 514 g/mol. The molecule has 3 aromatic rings. The number of unbranched alkanes of at least 4 members (excludes halogenated alkanes) is 3. The summed E-state index contributed by atoms with van der Waals surface area (Å²) in [6.45, 7) is 13.4. The van der Waals surface area contributed by atoms with Gasteiger partial charge >= 0.3 is 6.09 Å². The maximum atomic E-state index is 14.2. The molecule has 0 saturated carbocycles. The Morgan fingerprint density at radius 1 is 0.902 bits per heavy atom. The summed E-state index contributed by atoms with van der Waals surface area (Å²) in [5.41, 5.74) is 2.62. The number of alkyl carbamates (subject to hydrolysis) is 1. The first-order valence-corrected chi connectivity index (χ1v) is 14.6. The Labute approximate surface area is 244 Å². The molecule has 0 saturated heterocycles. The fraction of sp³-hybridized carbons (Fsp3) is 0.441. The number of hydrogen-bond donors (Lipinski definition) is 2. The topological polar surface area (TPSA) is 87.7 Å². The number of amides is 3. The van der Waals surface area contributed by atoms with Crippen molar-refractivity contribution in [3.8, 4) is 0 Å². The van der Waals surface area contributed by atoms with E-state index < -0.39 is 23.8 Å². The van der Waals surface area contributed by atoms with Crippen LogP contribution >= 0.6 is 0 Å². The molecular formula is C34H45N3O4. The number of carbonyl (C=O) groups excluding carboxylic acids is 3. The zero-order valence-electron chi connectivity index (χ0n) is 25.5. The summed E-state index contributed by atoms with van der Waals surface area (Å²) in [6, 6.07) is 17.9. The molecule has 3 aromatic carbocycles. The third kappa shape index (κ3) is 9.07. The van der Waals surface area contributed by atoms with Crippen molar-refractivity contribution in [1.29, 1.82) is 0 Å². The van der Waals surface area contributed by atoms with Crippen LogP contribution < -0.4 is 10.6 Å². The van der Waals surface area contributed by atoms with Gasteiger partial charge in [-0.3, -0.25) is 9.59 Å². The third-order valence-electron chi connectivity index (χ3n) is 6.95. The molecule has 0 aliphatic carbocycles. The second-order valence-corrected chi connectivity index (χ2v) is 11.8. The Hall–Kier alpha value is -3.87. The lowest BCUT2D eigenvalue weighted by molar-refractivity contribution is -0.140. The minimum atomic E-state index is -0.892. The number of nitrogens with one attached hydrogen (secondary N) is 2. The summed E-state index contributed by atoms with van der Waals surface area (Å²) < 4.78 is 5.39. The Balaban J connectivity index is 2.00. The first-order chi connectivity index (χ1) is 19.4. The van der Waals surface area contributed by atoms with Crippen molar-refractivity contribution in [2.45, 2.75) is 91.8 Å². The molecule has 0 bridgehead atoms. The number of hydrogen-bond acceptors (Lipinski definition) is 4. The molecule has 0 radical (unpaired) electrons. The van der Waals surface area contributed by atoms with Gasteiger partial charge in [0, 0.05) is 12.2 Å². The van der Waals surface area contributed by atoms with Gasteiger partial charge in [0.15, 0.2) is 0 Å². The van der Waals surface area contributed by atoms with Gasteiger partial charge in [0.2, 0.25) is 5.91 Å². The minimum absolute atomic E-state index is 0.303. The van der Waals surface area contributed by atoms with Gasteiger partial charge in [0.05, 0.1) is 0 Å². The third-order valence-corrected chi connectivity index (χ3v) is 6.95. The van der Waals surface area contributed by atoms with E-state index in [1.54, 1.807) is 32.6 Å². The van der Waals surface area contributed by atoms with Crippen LogP contribution in [0.5, 0.6) is 0 Å². The van der Waals surface area contributed by atoms with Gasteiger partial charge < -0.3 is 20.3 Å². The average molecular weight is 560 g/mol. The molecule has 41 heavy (non-hydrogen) atoms. The number of benzene rings is 3. The van der Waals surface area contributed by atoms with E-state index in [2.05, 4.69) is 17.6 Å². The zero-order valence-corrected chi connectivity index (χ0v) is 25.5. The maximum Gasteiger partial charge on any atom is 0.408 e. The van der Waals surface area contributed by atoms with E-state index in [-0.39, 0.29) is 11.8 Å².